The molecule has 0 aromatic carbocycles. The van der Waals surface area contributed by atoms with Gasteiger partial charge in [-0.2, -0.15) is 13.2 Å². The van der Waals surface area contributed by atoms with Gasteiger partial charge in [-0.3, -0.25) is 9.69 Å². The molecule has 1 amide bonds. The first-order chi connectivity index (χ1) is 9.33. The van der Waals surface area contributed by atoms with E-state index < -0.39 is 24.7 Å². The van der Waals surface area contributed by atoms with E-state index in [2.05, 4.69) is 5.32 Å². The minimum absolute atomic E-state index is 0.321. The summed E-state index contributed by atoms with van der Waals surface area (Å²) in [6, 6.07) is -0.229. The Hall–Kier alpha value is -0.820. The number of carbonyl (C=O) groups is 1. The summed E-state index contributed by atoms with van der Waals surface area (Å²) in [5.74, 6) is -0.569. The quantitative estimate of drug-likeness (QED) is 0.781. The van der Waals surface area contributed by atoms with Crippen molar-refractivity contribution in [3.8, 4) is 0 Å². The molecule has 2 unspecified atom stereocenters. The number of hydrogen-bond acceptors (Lipinski definition) is 3. The van der Waals surface area contributed by atoms with Crippen LogP contribution in [0.15, 0.2) is 0 Å². The van der Waals surface area contributed by atoms with Crippen molar-refractivity contribution in [3.05, 3.63) is 0 Å². The lowest BCUT2D eigenvalue weighted by Crippen LogP contribution is -2.52. The van der Waals surface area contributed by atoms with Crippen LogP contribution in [0.1, 0.15) is 33.1 Å². The predicted octanol–water partition coefficient (Wildman–Crippen LogP) is 1.52. The van der Waals surface area contributed by atoms with E-state index >= 15 is 0 Å². The molecule has 118 valence electrons. The average Bonchev–Trinajstić information content (AvgIpc) is 2.41. The van der Waals surface area contributed by atoms with E-state index in [0.717, 1.165) is 25.8 Å². The standard InChI is InChI=1S/C13H24F3N3O/c1-3-19(8-11-6-4-5-7-17-11)10(2)12(20)18-9-13(14,15)16/h10-11,17H,3-9H2,1-2H3,(H,18,20). The second-order valence-electron chi connectivity index (χ2n) is 5.24. The molecule has 0 aromatic heterocycles. The Bertz CT molecular complexity index is 304. The molecule has 1 fully saturated rings. The number of rotatable bonds is 6. The van der Waals surface area contributed by atoms with Crippen LogP contribution < -0.4 is 10.6 Å². The first kappa shape index (κ1) is 17.2. The van der Waals surface area contributed by atoms with Crippen LogP contribution in [0.25, 0.3) is 0 Å². The van der Waals surface area contributed by atoms with E-state index in [4.69, 9.17) is 0 Å². The molecule has 1 heterocycles. The molecule has 2 N–H and O–H groups in total. The largest absolute Gasteiger partial charge is 0.405 e. The fraction of sp³-hybridized carbons (Fsp3) is 0.923. The fourth-order valence-electron chi connectivity index (χ4n) is 2.42. The molecule has 0 spiro atoms. The third-order valence-electron chi connectivity index (χ3n) is 3.66. The van der Waals surface area contributed by atoms with E-state index in [1.165, 1.54) is 0 Å². The molecular formula is C13H24F3N3O. The molecule has 1 saturated heterocycles. The normalized spacial score (nSPS) is 21.8. The number of nitrogens with zero attached hydrogens (tertiary/aromatic N) is 1. The predicted molar refractivity (Wildman–Crippen MR) is 71.4 cm³/mol. The van der Waals surface area contributed by atoms with Gasteiger partial charge in [0, 0.05) is 12.6 Å². The molecule has 0 saturated carbocycles. The van der Waals surface area contributed by atoms with Crippen molar-refractivity contribution in [1.82, 2.24) is 15.5 Å². The van der Waals surface area contributed by atoms with E-state index in [-0.39, 0.29) is 0 Å². The van der Waals surface area contributed by atoms with Crippen molar-refractivity contribution in [2.75, 3.05) is 26.2 Å². The van der Waals surface area contributed by atoms with Crippen molar-refractivity contribution in [2.45, 2.75) is 51.4 Å². The van der Waals surface area contributed by atoms with Gasteiger partial charge in [0.1, 0.15) is 6.54 Å². The number of amides is 1. The van der Waals surface area contributed by atoms with Crippen LogP contribution >= 0.6 is 0 Å². The van der Waals surface area contributed by atoms with Crippen molar-refractivity contribution in [1.29, 1.82) is 0 Å². The number of carbonyl (C=O) groups excluding carboxylic acids is 1. The SMILES string of the molecule is CCN(CC1CCCCN1)C(C)C(=O)NCC(F)(F)F. The van der Waals surface area contributed by atoms with Crippen LogP contribution in [-0.2, 0) is 4.79 Å². The Morgan fingerprint density at radius 2 is 2.15 bits per heavy atom. The van der Waals surface area contributed by atoms with Gasteiger partial charge in [0.2, 0.25) is 5.91 Å². The topological polar surface area (TPSA) is 44.4 Å². The summed E-state index contributed by atoms with van der Waals surface area (Å²) >= 11 is 0. The molecule has 1 aliphatic heterocycles. The lowest BCUT2D eigenvalue weighted by atomic mass is 10.0. The van der Waals surface area contributed by atoms with Gasteiger partial charge in [-0.15, -0.1) is 0 Å². The number of likely N-dealkylation sites (N-methyl/N-ethyl adjacent to an activating group) is 1. The average molecular weight is 295 g/mol. The highest BCUT2D eigenvalue weighted by Crippen LogP contribution is 2.13. The van der Waals surface area contributed by atoms with Crippen molar-refractivity contribution >= 4 is 5.91 Å². The van der Waals surface area contributed by atoms with E-state index in [9.17, 15) is 18.0 Å². The van der Waals surface area contributed by atoms with Gasteiger partial charge < -0.3 is 10.6 Å². The third kappa shape index (κ3) is 6.09. The van der Waals surface area contributed by atoms with Crippen LogP contribution in [0.4, 0.5) is 13.2 Å². The van der Waals surface area contributed by atoms with Crippen LogP contribution in [0.3, 0.4) is 0 Å². The summed E-state index contributed by atoms with van der Waals surface area (Å²) in [5, 5.41) is 5.33. The number of nitrogens with one attached hydrogen (secondary N) is 2. The van der Waals surface area contributed by atoms with Crippen LogP contribution in [0, 0.1) is 0 Å². The first-order valence-electron chi connectivity index (χ1n) is 7.15. The van der Waals surface area contributed by atoms with E-state index in [1.54, 1.807) is 6.92 Å². The number of hydrogen-bond donors (Lipinski definition) is 2. The summed E-state index contributed by atoms with van der Waals surface area (Å²) in [4.78, 5) is 13.7. The van der Waals surface area contributed by atoms with Crippen LogP contribution in [0.2, 0.25) is 0 Å². The third-order valence-corrected chi connectivity index (χ3v) is 3.66. The van der Waals surface area contributed by atoms with E-state index in [0.29, 0.717) is 19.1 Å². The number of halogens is 3. The molecule has 2 atom stereocenters. The summed E-state index contributed by atoms with van der Waals surface area (Å²) in [6.07, 6.45) is -1.00. The zero-order valence-corrected chi connectivity index (χ0v) is 12.1. The summed E-state index contributed by atoms with van der Waals surface area (Å²) in [7, 11) is 0. The van der Waals surface area contributed by atoms with Gasteiger partial charge in [0.05, 0.1) is 6.04 Å². The summed E-state index contributed by atoms with van der Waals surface area (Å²) in [5.41, 5.74) is 0. The summed E-state index contributed by atoms with van der Waals surface area (Å²) < 4.78 is 36.3. The second kappa shape index (κ2) is 7.83. The van der Waals surface area contributed by atoms with Gasteiger partial charge in [-0.1, -0.05) is 13.3 Å². The zero-order chi connectivity index (χ0) is 15.2. The summed E-state index contributed by atoms with van der Waals surface area (Å²) in [6.45, 7) is 4.59. The van der Waals surface area contributed by atoms with Gasteiger partial charge in [0.15, 0.2) is 0 Å². The Morgan fingerprint density at radius 3 is 2.65 bits per heavy atom. The van der Waals surface area contributed by atoms with Gasteiger partial charge in [0.25, 0.3) is 0 Å². The van der Waals surface area contributed by atoms with Gasteiger partial charge in [-0.25, -0.2) is 0 Å². The fourth-order valence-corrected chi connectivity index (χ4v) is 2.42. The van der Waals surface area contributed by atoms with Crippen LogP contribution in [-0.4, -0.2) is 55.2 Å². The zero-order valence-electron chi connectivity index (χ0n) is 12.1. The molecule has 0 radical (unpaired) electrons. The second-order valence-corrected chi connectivity index (χ2v) is 5.24. The lowest BCUT2D eigenvalue weighted by molar-refractivity contribution is -0.141. The Balaban J connectivity index is 2.44. The van der Waals surface area contributed by atoms with Crippen molar-refractivity contribution < 1.29 is 18.0 Å². The molecule has 20 heavy (non-hydrogen) atoms. The van der Waals surface area contributed by atoms with Gasteiger partial charge in [-0.05, 0) is 32.9 Å². The molecule has 1 aliphatic rings. The first-order valence-corrected chi connectivity index (χ1v) is 7.15. The van der Waals surface area contributed by atoms with Crippen LogP contribution in [0.5, 0.6) is 0 Å². The Kier molecular flexibility index (Phi) is 6.75. The lowest BCUT2D eigenvalue weighted by Gasteiger charge is -2.33. The molecule has 7 heteroatoms. The molecule has 4 nitrogen and oxygen atoms in total. The molecule has 1 rings (SSSR count). The highest BCUT2D eigenvalue weighted by Gasteiger charge is 2.30. The molecule has 0 aliphatic carbocycles. The van der Waals surface area contributed by atoms with Crippen molar-refractivity contribution in [3.63, 3.8) is 0 Å². The monoisotopic (exact) mass is 295 g/mol. The number of piperidine rings is 1. The number of alkyl halides is 3. The highest BCUT2D eigenvalue weighted by molar-refractivity contribution is 5.81. The minimum atomic E-state index is -4.36. The molecule has 0 aromatic rings. The minimum Gasteiger partial charge on any atom is -0.346 e. The van der Waals surface area contributed by atoms with Gasteiger partial charge >= 0.3 is 6.18 Å². The highest BCUT2D eigenvalue weighted by atomic mass is 19.4. The molecule has 0 bridgehead atoms. The maximum absolute atomic E-state index is 12.1. The maximum Gasteiger partial charge on any atom is 0.405 e. The van der Waals surface area contributed by atoms with Crippen molar-refractivity contribution in [2.24, 2.45) is 0 Å². The Labute approximate surface area is 118 Å². The maximum atomic E-state index is 12.1. The molecular weight excluding hydrogens is 271 g/mol. The smallest absolute Gasteiger partial charge is 0.346 e. The van der Waals surface area contributed by atoms with E-state index in [1.807, 2.05) is 17.1 Å². The Morgan fingerprint density at radius 1 is 1.45 bits per heavy atom.